The van der Waals surface area contributed by atoms with Gasteiger partial charge < -0.3 is 5.32 Å². The average molecular weight is 212 g/mol. The predicted octanol–water partition coefficient (Wildman–Crippen LogP) is 0.564. The van der Waals surface area contributed by atoms with Crippen LogP contribution in [0, 0.1) is 0 Å². The maximum atomic E-state index is 11.5. The van der Waals surface area contributed by atoms with Gasteiger partial charge in [-0.05, 0) is 33.2 Å². The zero-order valence-electron chi connectivity index (χ0n) is 9.75. The van der Waals surface area contributed by atoms with E-state index in [2.05, 4.69) is 10.2 Å². The second kappa shape index (κ2) is 5.26. The van der Waals surface area contributed by atoms with Crippen LogP contribution in [0.4, 0.5) is 0 Å². The first-order valence-electron chi connectivity index (χ1n) is 5.53. The number of nitrogens with one attached hydrogen (secondary N) is 1. The first kappa shape index (κ1) is 12.2. The number of hydrogen-bond acceptors (Lipinski definition) is 3. The summed E-state index contributed by atoms with van der Waals surface area (Å²) in [6, 6.07) is 0.136. The molecule has 1 aliphatic heterocycles. The number of carbonyl (C=O) groups excluding carboxylic acids is 2. The molecule has 1 saturated heterocycles. The van der Waals surface area contributed by atoms with Gasteiger partial charge in [-0.1, -0.05) is 0 Å². The molecule has 0 saturated carbocycles. The van der Waals surface area contributed by atoms with Crippen LogP contribution in [0.2, 0.25) is 0 Å². The summed E-state index contributed by atoms with van der Waals surface area (Å²) in [5, 5.41) is 2.65. The zero-order chi connectivity index (χ0) is 11.4. The van der Waals surface area contributed by atoms with Gasteiger partial charge in [0.15, 0.2) is 0 Å². The number of carbonyl (C=O) groups is 2. The van der Waals surface area contributed by atoms with Crippen molar-refractivity contribution in [3.8, 4) is 0 Å². The Bertz CT molecular complexity index is 253. The molecule has 4 nitrogen and oxygen atoms in total. The van der Waals surface area contributed by atoms with Crippen LogP contribution >= 0.6 is 0 Å². The van der Waals surface area contributed by atoms with Crippen molar-refractivity contribution in [1.82, 2.24) is 10.2 Å². The monoisotopic (exact) mass is 212 g/mol. The van der Waals surface area contributed by atoms with E-state index in [1.807, 2.05) is 6.92 Å². The van der Waals surface area contributed by atoms with Crippen molar-refractivity contribution in [3.63, 3.8) is 0 Å². The maximum absolute atomic E-state index is 11.5. The predicted molar refractivity (Wildman–Crippen MR) is 58.6 cm³/mol. The second-order valence-corrected chi connectivity index (χ2v) is 4.23. The largest absolute Gasteiger partial charge is 0.358 e. The molecule has 2 atom stereocenters. The first-order chi connectivity index (χ1) is 7.06. The molecule has 0 aromatic rings. The third kappa shape index (κ3) is 3.02. The Balaban J connectivity index is 2.59. The fourth-order valence-corrected chi connectivity index (χ4v) is 2.28. The molecule has 0 bridgehead atoms. The van der Waals surface area contributed by atoms with Crippen molar-refractivity contribution in [3.05, 3.63) is 0 Å². The van der Waals surface area contributed by atoms with E-state index in [1.54, 1.807) is 14.0 Å². The number of Topliss-reactive ketones (excluding diaryl/α,β-unsaturated/α-hetero) is 1. The minimum atomic E-state index is -0.123. The highest BCUT2D eigenvalue weighted by atomic mass is 16.2. The molecule has 1 rings (SSSR count). The number of ketones is 1. The fourth-order valence-electron chi connectivity index (χ4n) is 2.28. The van der Waals surface area contributed by atoms with E-state index in [-0.39, 0.29) is 23.8 Å². The third-order valence-corrected chi connectivity index (χ3v) is 3.07. The fraction of sp³-hybridized carbons (Fsp3) is 0.818. The van der Waals surface area contributed by atoms with Crippen molar-refractivity contribution in [1.29, 1.82) is 0 Å². The Kier molecular flexibility index (Phi) is 4.27. The molecule has 1 fully saturated rings. The molecule has 4 heteroatoms. The highest BCUT2D eigenvalue weighted by Crippen LogP contribution is 2.22. The van der Waals surface area contributed by atoms with E-state index in [0.717, 1.165) is 19.4 Å². The lowest BCUT2D eigenvalue weighted by Gasteiger charge is -2.28. The highest BCUT2D eigenvalue weighted by Gasteiger charge is 2.31. The van der Waals surface area contributed by atoms with Gasteiger partial charge in [-0.25, -0.2) is 0 Å². The summed E-state index contributed by atoms with van der Waals surface area (Å²) < 4.78 is 0. The minimum Gasteiger partial charge on any atom is -0.358 e. The van der Waals surface area contributed by atoms with E-state index in [1.165, 1.54) is 0 Å². The van der Waals surface area contributed by atoms with Crippen LogP contribution in [0.25, 0.3) is 0 Å². The van der Waals surface area contributed by atoms with Gasteiger partial charge in [0, 0.05) is 19.5 Å². The number of amides is 1. The highest BCUT2D eigenvalue weighted by molar-refractivity contribution is 5.81. The van der Waals surface area contributed by atoms with Gasteiger partial charge in [0.25, 0.3) is 0 Å². The molecule has 0 spiro atoms. The number of rotatable bonds is 4. The summed E-state index contributed by atoms with van der Waals surface area (Å²) in [6.07, 6.45) is 2.68. The second-order valence-electron chi connectivity index (χ2n) is 4.23. The van der Waals surface area contributed by atoms with Crippen LogP contribution in [0.15, 0.2) is 0 Å². The molecule has 2 unspecified atom stereocenters. The van der Waals surface area contributed by atoms with Crippen molar-refractivity contribution in [2.75, 3.05) is 13.6 Å². The Labute approximate surface area is 91.0 Å². The van der Waals surface area contributed by atoms with Crippen molar-refractivity contribution in [2.24, 2.45) is 0 Å². The summed E-state index contributed by atoms with van der Waals surface area (Å²) in [4.78, 5) is 24.7. The smallest absolute Gasteiger partial charge is 0.236 e. The van der Waals surface area contributed by atoms with Crippen LogP contribution < -0.4 is 5.32 Å². The number of likely N-dealkylation sites (N-methyl/N-ethyl adjacent to an activating group) is 1. The molecule has 0 aliphatic carbocycles. The van der Waals surface area contributed by atoms with Crippen LogP contribution in [0.3, 0.4) is 0 Å². The van der Waals surface area contributed by atoms with Crippen LogP contribution in [0.5, 0.6) is 0 Å². The lowest BCUT2D eigenvalue weighted by Crippen LogP contribution is -2.46. The summed E-state index contributed by atoms with van der Waals surface area (Å²) in [6.45, 7) is 4.44. The zero-order valence-corrected chi connectivity index (χ0v) is 9.75. The Hall–Kier alpha value is -0.900. The van der Waals surface area contributed by atoms with Gasteiger partial charge in [-0.15, -0.1) is 0 Å². The third-order valence-electron chi connectivity index (χ3n) is 3.07. The van der Waals surface area contributed by atoms with Crippen LogP contribution in [-0.2, 0) is 9.59 Å². The van der Waals surface area contributed by atoms with Gasteiger partial charge in [0.2, 0.25) is 5.91 Å². The Morgan fingerprint density at radius 2 is 2.20 bits per heavy atom. The summed E-state index contributed by atoms with van der Waals surface area (Å²) in [7, 11) is 1.65. The van der Waals surface area contributed by atoms with E-state index < -0.39 is 0 Å². The van der Waals surface area contributed by atoms with Gasteiger partial charge in [0.05, 0.1) is 6.04 Å². The van der Waals surface area contributed by atoms with E-state index >= 15 is 0 Å². The molecule has 1 amide bonds. The normalized spacial score (nSPS) is 23.8. The Morgan fingerprint density at radius 1 is 1.53 bits per heavy atom. The molecular weight excluding hydrogens is 192 g/mol. The summed E-state index contributed by atoms with van der Waals surface area (Å²) >= 11 is 0. The molecule has 15 heavy (non-hydrogen) atoms. The molecule has 1 N–H and O–H groups in total. The summed E-state index contributed by atoms with van der Waals surface area (Å²) in [5.74, 6) is 0.237. The van der Waals surface area contributed by atoms with E-state index in [0.29, 0.717) is 6.42 Å². The van der Waals surface area contributed by atoms with Gasteiger partial charge in [-0.3, -0.25) is 14.5 Å². The standard InChI is InChI=1S/C11H20N2O2/c1-8(14)7-10-5-4-6-13(10)9(2)11(15)12-3/h9-10H,4-7H2,1-3H3,(H,12,15). The molecule has 0 aromatic heterocycles. The number of likely N-dealkylation sites (tertiary alicyclic amines) is 1. The van der Waals surface area contributed by atoms with Gasteiger partial charge in [0.1, 0.15) is 5.78 Å². The summed E-state index contributed by atoms with van der Waals surface area (Å²) in [5.41, 5.74) is 0. The van der Waals surface area contributed by atoms with E-state index in [4.69, 9.17) is 0 Å². The quantitative estimate of drug-likeness (QED) is 0.741. The Morgan fingerprint density at radius 3 is 2.73 bits per heavy atom. The molecule has 1 aliphatic rings. The molecule has 0 radical (unpaired) electrons. The van der Waals surface area contributed by atoms with Crippen molar-refractivity contribution < 1.29 is 9.59 Å². The van der Waals surface area contributed by atoms with E-state index in [9.17, 15) is 9.59 Å². The number of nitrogens with zero attached hydrogens (tertiary/aromatic N) is 1. The van der Waals surface area contributed by atoms with Crippen LogP contribution in [0.1, 0.15) is 33.1 Å². The SMILES string of the molecule is CNC(=O)C(C)N1CCCC1CC(C)=O. The first-order valence-corrected chi connectivity index (χ1v) is 5.53. The van der Waals surface area contributed by atoms with Gasteiger partial charge in [-0.2, -0.15) is 0 Å². The topological polar surface area (TPSA) is 49.4 Å². The lowest BCUT2D eigenvalue weighted by atomic mass is 10.1. The molecule has 0 aromatic carbocycles. The lowest BCUT2D eigenvalue weighted by molar-refractivity contribution is -0.127. The molecular formula is C11H20N2O2. The van der Waals surface area contributed by atoms with Crippen molar-refractivity contribution >= 4 is 11.7 Å². The maximum Gasteiger partial charge on any atom is 0.236 e. The molecule has 86 valence electrons. The van der Waals surface area contributed by atoms with Crippen molar-refractivity contribution in [2.45, 2.75) is 45.2 Å². The van der Waals surface area contributed by atoms with Crippen LogP contribution in [-0.4, -0.2) is 42.3 Å². The minimum absolute atomic E-state index is 0.0328. The number of hydrogen-bond donors (Lipinski definition) is 1. The van der Waals surface area contributed by atoms with Gasteiger partial charge >= 0.3 is 0 Å². The average Bonchev–Trinajstić information content (AvgIpc) is 2.62. The molecule has 1 heterocycles.